The van der Waals surface area contributed by atoms with Gasteiger partial charge >= 0.3 is 0 Å². The van der Waals surface area contributed by atoms with Gasteiger partial charge in [0.1, 0.15) is 5.82 Å². The highest BCUT2D eigenvalue weighted by Gasteiger charge is 2.51. The van der Waals surface area contributed by atoms with Gasteiger partial charge in [-0.15, -0.1) is 5.10 Å². The van der Waals surface area contributed by atoms with E-state index in [2.05, 4.69) is 36.0 Å². The first-order valence-electron chi connectivity index (χ1n) is 7.54. The number of fused-ring (bicyclic) bond motifs is 2. The van der Waals surface area contributed by atoms with Crippen LogP contribution in [-0.2, 0) is 6.42 Å². The number of carbonyl (C=O) groups is 1. The zero-order valence-corrected chi connectivity index (χ0v) is 12.9. The Morgan fingerprint density at radius 2 is 2.15 bits per heavy atom. The average molecular weight is 276 g/mol. The molecule has 1 saturated carbocycles. The smallest absolute Gasteiger partial charge is 0.293 e. The summed E-state index contributed by atoms with van der Waals surface area (Å²) in [6, 6.07) is 0.347. The second-order valence-electron chi connectivity index (χ2n) is 7.61. The van der Waals surface area contributed by atoms with E-state index in [9.17, 15) is 4.79 Å². The van der Waals surface area contributed by atoms with E-state index in [1.165, 1.54) is 6.42 Å². The van der Waals surface area contributed by atoms with Crippen LogP contribution in [0.3, 0.4) is 0 Å². The fraction of sp³-hybridized carbons (Fsp3) is 0.800. The minimum absolute atomic E-state index is 0.00706. The van der Waals surface area contributed by atoms with E-state index < -0.39 is 0 Å². The molecule has 2 heterocycles. The Labute approximate surface area is 120 Å². The maximum atomic E-state index is 12.7. The number of likely N-dealkylation sites (tertiary alicyclic amines) is 1. The maximum absolute atomic E-state index is 12.7. The van der Waals surface area contributed by atoms with Gasteiger partial charge in [0.2, 0.25) is 5.82 Å². The van der Waals surface area contributed by atoms with Gasteiger partial charge in [-0.3, -0.25) is 9.89 Å². The van der Waals surface area contributed by atoms with Gasteiger partial charge in [0.15, 0.2) is 0 Å². The van der Waals surface area contributed by atoms with Crippen molar-refractivity contribution in [3.8, 4) is 0 Å². The van der Waals surface area contributed by atoms with Crippen LogP contribution in [0.2, 0.25) is 0 Å². The quantitative estimate of drug-likeness (QED) is 0.902. The number of rotatable bonds is 2. The van der Waals surface area contributed by atoms with Crippen LogP contribution in [0.15, 0.2) is 0 Å². The van der Waals surface area contributed by atoms with E-state index in [-0.39, 0.29) is 11.3 Å². The van der Waals surface area contributed by atoms with Crippen LogP contribution < -0.4 is 0 Å². The number of H-pyrrole nitrogens is 1. The SMILES string of the molecule is CCc1nc(C(=O)N2CC3(C)CC2CC(C)(C)C3)n[nH]1. The number of aryl methyl sites for hydroxylation is 1. The molecule has 0 aromatic carbocycles. The molecule has 2 fully saturated rings. The molecular weight excluding hydrogens is 252 g/mol. The number of amides is 1. The Kier molecular flexibility index (Phi) is 2.92. The van der Waals surface area contributed by atoms with Gasteiger partial charge in [-0.1, -0.05) is 27.7 Å². The molecule has 110 valence electrons. The highest BCUT2D eigenvalue weighted by molar-refractivity contribution is 5.91. The van der Waals surface area contributed by atoms with Crippen molar-refractivity contribution < 1.29 is 4.79 Å². The number of aromatic amines is 1. The largest absolute Gasteiger partial charge is 0.332 e. The van der Waals surface area contributed by atoms with Gasteiger partial charge in [0, 0.05) is 19.0 Å². The molecule has 2 aliphatic rings. The Bertz CT molecular complexity index is 536. The maximum Gasteiger partial charge on any atom is 0.293 e. The zero-order valence-electron chi connectivity index (χ0n) is 12.9. The predicted molar refractivity (Wildman–Crippen MR) is 76.3 cm³/mol. The predicted octanol–water partition coefficient (Wildman–Crippen LogP) is 2.41. The monoisotopic (exact) mass is 276 g/mol. The second-order valence-corrected chi connectivity index (χ2v) is 7.61. The van der Waals surface area contributed by atoms with Crippen molar-refractivity contribution in [1.29, 1.82) is 0 Å². The molecule has 1 aliphatic carbocycles. The molecule has 0 radical (unpaired) electrons. The van der Waals surface area contributed by atoms with Gasteiger partial charge in [0.05, 0.1) is 0 Å². The first-order valence-corrected chi connectivity index (χ1v) is 7.54. The number of hydrogen-bond acceptors (Lipinski definition) is 3. The number of carbonyl (C=O) groups excluding carboxylic acids is 1. The summed E-state index contributed by atoms with van der Waals surface area (Å²) in [6.45, 7) is 9.78. The van der Waals surface area contributed by atoms with E-state index in [1.54, 1.807) is 0 Å². The third kappa shape index (κ3) is 2.23. The second kappa shape index (κ2) is 4.30. The lowest BCUT2D eigenvalue weighted by Crippen LogP contribution is -2.38. The zero-order chi connectivity index (χ0) is 14.5. The molecule has 1 aromatic heterocycles. The van der Waals surface area contributed by atoms with Crippen LogP contribution in [0.4, 0.5) is 0 Å². The Hall–Kier alpha value is -1.39. The van der Waals surface area contributed by atoms with E-state index in [1.807, 2.05) is 11.8 Å². The summed E-state index contributed by atoms with van der Waals surface area (Å²) < 4.78 is 0. The molecule has 5 heteroatoms. The standard InChI is InChI=1S/C15H24N4O/c1-5-11-16-12(18-17-11)13(20)19-9-15(4)7-10(19)6-14(2,3)8-15/h10H,5-9H2,1-4H3,(H,16,17,18). The summed E-state index contributed by atoms with van der Waals surface area (Å²) in [5, 5.41) is 6.91. The topological polar surface area (TPSA) is 61.9 Å². The molecule has 0 spiro atoms. The normalized spacial score (nSPS) is 31.6. The summed E-state index contributed by atoms with van der Waals surface area (Å²) in [7, 11) is 0. The van der Waals surface area contributed by atoms with Gasteiger partial charge in [0.25, 0.3) is 5.91 Å². The Balaban J connectivity index is 1.83. The van der Waals surface area contributed by atoms with Crippen molar-refractivity contribution >= 4 is 5.91 Å². The first kappa shape index (κ1) is 13.6. The van der Waals surface area contributed by atoms with Crippen molar-refractivity contribution in [2.75, 3.05) is 6.54 Å². The van der Waals surface area contributed by atoms with E-state index in [0.717, 1.165) is 31.6 Å². The molecule has 2 bridgehead atoms. The molecule has 2 unspecified atom stereocenters. The van der Waals surface area contributed by atoms with Crippen molar-refractivity contribution in [1.82, 2.24) is 20.1 Å². The molecular formula is C15H24N4O. The number of nitrogens with zero attached hydrogens (tertiary/aromatic N) is 3. The Morgan fingerprint density at radius 1 is 1.40 bits per heavy atom. The molecule has 1 saturated heterocycles. The van der Waals surface area contributed by atoms with Crippen LogP contribution in [0.1, 0.15) is 63.4 Å². The molecule has 1 N–H and O–H groups in total. The molecule has 1 aliphatic heterocycles. The highest BCUT2D eigenvalue weighted by atomic mass is 16.2. The lowest BCUT2D eigenvalue weighted by Gasteiger charge is -2.39. The molecule has 3 rings (SSSR count). The number of aromatic nitrogens is 3. The Morgan fingerprint density at radius 3 is 2.80 bits per heavy atom. The van der Waals surface area contributed by atoms with Gasteiger partial charge in [-0.05, 0) is 30.1 Å². The lowest BCUT2D eigenvalue weighted by molar-refractivity contribution is 0.0696. The molecule has 20 heavy (non-hydrogen) atoms. The van der Waals surface area contributed by atoms with Crippen LogP contribution in [0.5, 0.6) is 0 Å². The number of hydrogen-bond donors (Lipinski definition) is 1. The van der Waals surface area contributed by atoms with Gasteiger partial charge < -0.3 is 4.90 Å². The minimum Gasteiger partial charge on any atom is -0.332 e. The lowest BCUT2D eigenvalue weighted by atomic mass is 9.65. The van der Waals surface area contributed by atoms with Gasteiger partial charge in [-0.2, -0.15) is 0 Å². The average Bonchev–Trinajstić information content (AvgIpc) is 2.89. The summed E-state index contributed by atoms with van der Waals surface area (Å²) in [5.41, 5.74) is 0.576. The van der Waals surface area contributed by atoms with Crippen molar-refractivity contribution in [2.24, 2.45) is 10.8 Å². The van der Waals surface area contributed by atoms with Gasteiger partial charge in [-0.25, -0.2) is 4.98 Å². The van der Waals surface area contributed by atoms with Crippen LogP contribution in [0, 0.1) is 10.8 Å². The van der Waals surface area contributed by atoms with E-state index >= 15 is 0 Å². The van der Waals surface area contributed by atoms with Crippen LogP contribution in [-0.4, -0.2) is 38.6 Å². The van der Waals surface area contributed by atoms with Crippen molar-refractivity contribution in [2.45, 2.75) is 59.4 Å². The van der Waals surface area contributed by atoms with E-state index in [0.29, 0.717) is 17.3 Å². The summed E-state index contributed by atoms with van der Waals surface area (Å²) in [4.78, 5) is 19.0. The van der Waals surface area contributed by atoms with Crippen LogP contribution >= 0.6 is 0 Å². The third-order valence-corrected chi connectivity index (χ3v) is 4.73. The van der Waals surface area contributed by atoms with E-state index in [4.69, 9.17) is 0 Å². The molecule has 5 nitrogen and oxygen atoms in total. The third-order valence-electron chi connectivity index (χ3n) is 4.73. The number of nitrogens with one attached hydrogen (secondary N) is 1. The summed E-state index contributed by atoms with van der Waals surface area (Å²) >= 11 is 0. The van der Waals surface area contributed by atoms with Crippen LogP contribution in [0.25, 0.3) is 0 Å². The summed E-state index contributed by atoms with van der Waals surface area (Å²) in [5.74, 6) is 1.10. The highest BCUT2D eigenvalue weighted by Crippen LogP contribution is 2.52. The minimum atomic E-state index is -0.00706. The first-order chi connectivity index (χ1) is 9.32. The fourth-order valence-electron chi connectivity index (χ4n) is 4.37. The summed E-state index contributed by atoms with van der Waals surface area (Å²) in [6.07, 6.45) is 4.16. The molecule has 1 amide bonds. The fourth-order valence-corrected chi connectivity index (χ4v) is 4.37. The molecule has 1 aromatic rings. The molecule has 2 atom stereocenters. The van der Waals surface area contributed by atoms with Crippen molar-refractivity contribution in [3.05, 3.63) is 11.6 Å². The van der Waals surface area contributed by atoms with Crippen molar-refractivity contribution in [3.63, 3.8) is 0 Å².